The number of aliphatic hydroxyl groups excluding tert-OH is 1. The third kappa shape index (κ3) is 2.94. The molecule has 0 aliphatic carbocycles. The number of nitrogens with one attached hydrogen (secondary N) is 1. The first kappa shape index (κ1) is 13.7. The quantitative estimate of drug-likeness (QED) is 0.750. The Morgan fingerprint density at radius 3 is 2.90 bits per heavy atom. The minimum atomic E-state index is -0.533. The Hall–Kier alpha value is -2.24. The number of hydrogen-bond acceptors (Lipinski definition) is 4. The highest BCUT2D eigenvalue weighted by atomic mass is 16.3. The summed E-state index contributed by atoms with van der Waals surface area (Å²) in [6.45, 7) is 3.20. The molecular weight excluding hydrogens is 264 g/mol. The second kappa shape index (κ2) is 6.03. The number of fused-ring (bicyclic) bond motifs is 1. The second-order valence-corrected chi connectivity index (χ2v) is 5.06. The van der Waals surface area contributed by atoms with Crippen LogP contribution in [0.4, 0.5) is 0 Å². The van der Waals surface area contributed by atoms with Gasteiger partial charge < -0.3 is 14.8 Å². The monoisotopic (exact) mass is 282 g/mol. The Kier molecular flexibility index (Phi) is 3.94. The standard InChI is InChI=1S/C16H18N4O/c1-12-3-2-8-20-14(10-19-16(12)20)9-18-11-15(21)13-4-6-17-7-5-13/h2-8,10,15,18,21H,9,11H2,1H3. The van der Waals surface area contributed by atoms with Crippen molar-refractivity contribution in [2.24, 2.45) is 0 Å². The smallest absolute Gasteiger partial charge is 0.139 e. The minimum absolute atomic E-state index is 0.489. The average Bonchev–Trinajstić information content (AvgIpc) is 2.93. The molecule has 5 nitrogen and oxygen atoms in total. The lowest BCUT2D eigenvalue weighted by Gasteiger charge is -2.11. The van der Waals surface area contributed by atoms with Crippen LogP contribution in [-0.4, -0.2) is 26.0 Å². The van der Waals surface area contributed by atoms with E-state index in [9.17, 15) is 5.11 Å². The molecular formula is C16H18N4O. The molecule has 1 unspecified atom stereocenters. The van der Waals surface area contributed by atoms with Crippen LogP contribution in [0.2, 0.25) is 0 Å². The molecule has 0 amide bonds. The molecule has 0 saturated heterocycles. The summed E-state index contributed by atoms with van der Waals surface area (Å²) in [5.41, 5.74) is 4.08. The lowest BCUT2D eigenvalue weighted by molar-refractivity contribution is 0.174. The SMILES string of the molecule is Cc1cccn2c(CNCC(O)c3ccncc3)cnc12. The van der Waals surface area contributed by atoms with E-state index in [1.165, 1.54) is 0 Å². The fourth-order valence-corrected chi connectivity index (χ4v) is 2.37. The van der Waals surface area contributed by atoms with Crippen molar-refractivity contribution < 1.29 is 5.11 Å². The van der Waals surface area contributed by atoms with Crippen molar-refractivity contribution in [3.05, 3.63) is 65.9 Å². The number of hydrogen-bond donors (Lipinski definition) is 2. The number of nitrogens with zero attached hydrogens (tertiary/aromatic N) is 3. The van der Waals surface area contributed by atoms with Gasteiger partial charge in [-0.15, -0.1) is 0 Å². The molecule has 0 aliphatic rings. The van der Waals surface area contributed by atoms with Crippen LogP contribution in [0.1, 0.15) is 22.9 Å². The predicted octanol–water partition coefficient (Wildman–Crippen LogP) is 1.86. The largest absolute Gasteiger partial charge is 0.387 e. The van der Waals surface area contributed by atoms with Gasteiger partial charge in [0.25, 0.3) is 0 Å². The molecule has 0 spiro atoms. The van der Waals surface area contributed by atoms with E-state index in [1.54, 1.807) is 12.4 Å². The number of imidazole rings is 1. The fourth-order valence-electron chi connectivity index (χ4n) is 2.37. The maximum atomic E-state index is 10.1. The Labute approximate surface area is 123 Å². The number of aliphatic hydroxyl groups is 1. The van der Waals surface area contributed by atoms with Crippen molar-refractivity contribution >= 4 is 5.65 Å². The van der Waals surface area contributed by atoms with Gasteiger partial charge in [-0.05, 0) is 36.2 Å². The molecule has 0 bridgehead atoms. The lowest BCUT2D eigenvalue weighted by atomic mass is 10.1. The van der Waals surface area contributed by atoms with Crippen molar-refractivity contribution in [2.75, 3.05) is 6.54 Å². The van der Waals surface area contributed by atoms with E-state index in [0.29, 0.717) is 13.1 Å². The minimum Gasteiger partial charge on any atom is -0.387 e. The zero-order valence-electron chi connectivity index (χ0n) is 11.9. The van der Waals surface area contributed by atoms with E-state index in [-0.39, 0.29) is 0 Å². The number of pyridine rings is 2. The normalized spacial score (nSPS) is 12.7. The van der Waals surface area contributed by atoms with Gasteiger partial charge in [0.2, 0.25) is 0 Å². The van der Waals surface area contributed by atoms with Crippen LogP contribution < -0.4 is 5.32 Å². The second-order valence-electron chi connectivity index (χ2n) is 5.06. The molecule has 0 aliphatic heterocycles. The van der Waals surface area contributed by atoms with Crippen LogP contribution in [0.5, 0.6) is 0 Å². The summed E-state index contributed by atoms with van der Waals surface area (Å²) in [6, 6.07) is 7.71. The molecule has 0 saturated carbocycles. The number of aryl methyl sites for hydroxylation is 1. The highest BCUT2D eigenvalue weighted by molar-refractivity contribution is 5.48. The van der Waals surface area contributed by atoms with Crippen molar-refractivity contribution in [1.82, 2.24) is 19.7 Å². The fraction of sp³-hybridized carbons (Fsp3) is 0.250. The molecule has 5 heteroatoms. The van der Waals surface area contributed by atoms with Crippen LogP contribution in [0, 0.1) is 6.92 Å². The zero-order valence-corrected chi connectivity index (χ0v) is 11.9. The van der Waals surface area contributed by atoms with Crippen LogP contribution in [0.25, 0.3) is 5.65 Å². The van der Waals surface area contributed by atoms with Gasteiger partial charge in [-0.25, -0.2) is 4.98 Å². The maximum Gasteiger partial charge on any atom is 0.139 e. The molecule has 3 heterocycles. The Morgan fingerprint density at radius 1 is 1.29 bits per heavy atom. The van der Waals surface area contributed by atoms with Gasteiger partial charge in [0, 0.05) is 31.7 Å². The third-order valence-electron chi connectivity index (χ3n) is 3.54. The van der Waals surface area contributed by atoms with Crippen molar-refractivity contribution in [3.8, 4) is 0 Å². The van der Waals surface area contributed by atoms with Crippen LogP contribution in [0.15, 0.2) is 49.1 Å². The first-order valence-electron chi connectivity index (χ1n) is 6.96. The lowest BCUT2D eigenvalue weighted by Crippen LogP contribution is -2.21. The van der Waals surface area contributed by atoms with Gasteiger partial charge in [-0.3, -0.25) is 4.98 Å². The predicted molar refractivity (Wildman–Crippen MR) is 80.8 cm³/mol. The first-order chi connectivity index (χ1) is 10.3. The summed E-state index contributed by atoms with van der Waals surface area (Å²) in [4.78, 5) is 8.37. The molecule has 0 aromatic carbocycles. The van der Waals surface area contributed by atoms with E-state index in [0.717, 1.165) is 22.5 Å². The van der Waals surface area contributed by atoms with Gasteiger partial charge in [0.05, 0.1) is 18.0 Å². The van der Waals surface area contributed by atoms with Gasteiger partial charge in [-0.2, -0.15) is 0 Å². The van der Waals surface area contributed by atoms with Crippen LogP contribution in [-0.2, 0) is 6.54 Å². The molecule has 3 rings (SSSR count). The molecule has 21 heavy (non-hydrogen) atoms. The Balaban J connectivity index is 1.64. The maximum absolute atomic E-state index is 10.1. The summed E-state index contributed by atoms with van der Waals surface area (Å²) in [5, 5.41) is 13.4. The van der Waals surface area contributed by atoms with Crippen molar-refractivity contribution in [2.45, 2.75) is 19.6 Å². The summed E-state index contributed by atoms with van der Waals surface area (Å²) in [6.07, 6.45) is 6.71. The Morgan fingerprint density at radius 2 is 2.10 bits per heavy atom. The Bertz CT molecular complexity index is 723. The molecule has 108 valence electrons. The van der Waals surface area contributed by atoms with Gasteiger partial charge >= 0.3 is 0 Å². The summed E-state index contributed by atoms with van der Waals surface area (Å²) in [5.74, 6) is 0. The average molecular weight is 282 g/mol. The molecule has 2 N–H and O–H groups in total. The van der Waals surface area contributed by atoms with E-state index < -0.39 is 6.10 Å². The van der Waals surface area contributed by atoms with E-state index in [1.807, 2.05) is 43.6 Å². The number of rotatable bonds is 5. The molecule has 3 aromatic rings. The van der Waals surface area contributed by atoms with Crippen LogP contribution >= 0.6 is 0 Å². The van der Waals surface area contributed by atoms with E-state index >= 15 is 0 Å². The first-order valence-corrected chi connectivity index (χ1v) is 6.96. The van der Waals surface area contributed by atoms with Gasteiger partial charge in [-0.1, -0.05) is 6.07 Å². The summed E-state index contributed by atoms with van der Waals surface area (Å²) in [7, 11) is 0. The van der Waals surface area contributed by atoms with Gasteiger partial charge in [0.1, 0.15) is 5.65 Å². The number of aromatic nitrogens is 3. The summed E-state index contributed by atoms with van der Waals surface area (Å²) < 4.78 is 2.07. The molecule has 0 fully saturated rings. The highest BCUT2D eigenvalue weighted by Gasteiger charge is 2.08. The van der Waals surface area contributed by atoms with E-state index in [2.05, 4.69) is 19.7 Å². The van der Waals surface area contributed by atoms with Crippen molar-refractivity contribution in [3.63, 3.8) is 0 Å². The van der Waals surface area contributed by atoms with Crippen molar-refractivity contribution in [1.29, 1.82) is 0 Å². The topological polar surface area (TPSA) is 62.5 Å². The highest BCUT2D eigenvalue weighted by Crippen LogP contribution is 2.12. The molecule has 1 atom stereocenters. The molecule has 3 aromatic heterocycles. The van der Waals surface area contributed by atoms with Gasteiger partial charge in [0.15, 0.2) is 0 Å². The van der Waals surface area contributed by atoms with Crippen LogP contribution in [0.3, 0.4) is 0 Å². The molecule has 0 radical (unpaired) electrons. The summed E-state index contributed by atoms with van der Waals surface area (Å²) >= 11 is 0. The third-order valence-corrected chi connectivity index (χ3v) is 3.54. The zero-order chi connectivity index (χ0) is 14.7. The van der Waals surface area contributed by atoms with E-state index in [4.69, 9.17) is 0 Å².